The van der Waals surface area contributed by atoms with Crippen LogP contribution in [-0.4, -0.2) is 33.3 Å². The second kappa shape index (κ2) is 6.01. The van der Waals surface area contributed by atoms with E-state index in [2.05, 4.69) is 14.7 Å². The fourth-order valence-electron chi connectivity index (χ4n) is 2.43. The van der Waals surface area contributed by atoms with Gasteiger partial charge in [-0.05, 0) is 32.8 Å². The van der Waals surface area contributed by atoms with Gasteiger partial charge in [-0.15, -0.1) is 11.3 Å². The number of ether oxygens (including phenoxy) is 1. The molecule has 25 heavy (non-hydrogen) atoms. The Morgan fingerprint density at radius 1 is 1.36 bits per heavy atom. The summed E-state index contributed by atoms with van der Waals surface area (Å²) in [6, 6.07) is 0. The molecule has 2 aromatic rings. The summed E-state index contributed by atoms with van der Waals surface area (Å²) in [5.74, 6) is -1.52. The van der Waals surface area contributed by atoms with Crippen LogP contribution in [0.5, 0.6) is 0 Å². The number of carbonyl (C=O) groups excluding carboxylic acids is 1. The van der Waals surface area contributed by atoms with E-state index in [0.717, 1.165) is 10.4 Å². The minimum Gasteiger partial charge on any atom is -0.444 e. The number of hydrogen-bond acceptors (Lipinski definition) is 6. The molecule has 0 radical (unpaired) electrons. The minimum absolute atomic E-state index is 0.129. The molecule has 0 bridgehead atoms. The number of halogens is 3. The van der Waals surface area contributed by atoms with E-state index in [9.17, 15) is 18.0 Å². The molecule has 6 nitrogen and oxygen atoms in total. The Hall–Kier alpha value is -2.10. The Labute approximate surface area is 145 Å². The van der Waals surface area contributed by atoms with Gasteiger partial charge in [0.25, 0.3) is 0 Å². The zero-order valence-corrected chi connectivity index (χ0v) is 14.6. The molecule has 0 fully saturated rings. The van der Waals surface area contributed by atoms with Gasteiger partial charge in [0, 0.05) is 22.4 Å². The molecular weight excluding hydrogens is 359 g/mol. The summed E-state index contributed by atoms with van der Waals surface area (Å²) in [5, 5.41) is 5.12. The third-order valence-corrected chi connectivity index (χ3v) is 4.59. The minimum atomic E-state index is -4.69. The van der Waals surface area contributed by atoms with Crippen LogP contribution in [0.3, 0.4) is 0 Å². The van der Waals surface area contributed by atoms with Crippen molar-refractivity contribution < 1.29 is 27.2 Å². The maximum atomic E-state index is 12.6. The first-order valence-electron chi connectivity index (χ1n) is 7.53. The van der Waals surface area contributed by atoms with Crippen LogP contribution in [0.15, 0.2) is 9.90 Å². The van der Waals surface area contributed by atoms with Crippen LogP contribution in [0.25, 0.3) is 11.4 Å². The highest BCUT2D eigenvalue weighted by molar-refractivity contribution is 7.10. The van der Waals surface area contributed by atoms with Crippen molar-refractivity contribution in [1.82, 2.24) is 15.0 Å². The highest BCUT2D eigenvalue weighted by Gasteiger charge is 2.39. The lowest BCUT2D eigenvalue weighted by Gasteiger charge is -2.30. The van der Waals surface area contributed by atoms with Crippen molar-refractivity contribution in [2.24, 2.45) is 0 Å². The maximum Gasteiger partial charge on any atom is 0.471 e. The van der Waals surface area contributed by atoms with Gasteiger partial charge in [-0.3, -0.25) is 0 Å². The third kappa shape index (κ3) is 3.78. The smallest absolute Gasteiger partial charge is 0.444 e. The lowest BCUT2D eigenvalue weighted by atomic mass is 10.0. The monoisotopic (exact) mass is 375 g/mol. The molecular formula is C15H16F3N3O3S. The van der Waals surface area contributed by atoms with Gasteiger partial charge in [0.05, 0.1) is 6.54 Å². The number of nitrogens with zero attached hydrogens (tertiary/aromatic N) is 3. The molecule has 136 valence electrons. The highest BCUT2D eigenvalue weighted by atomic mass is 32.1. The van der Waals surface area contributed by atoms with Gasteiger partial charge in [0.1, 0.15) is 5.60 Å². The lowest BCUT2D eigenvalue weighted by Crippen LogP contribution is -2.39. The predicted molar refractivity (Wildman–Crippen MR) is 83.0 cm³/mol. The van der Waals surface area contributed by atoms with E-state index in [1.165, 1.54) is 16.2 Å². The third-order valence-electron chi connectivity index (χ3n) is 3.50. The number of amides is 1. The quantitative estimate of drug-likeness (QED) is 0.750. The fourth-order valence-corrected chi connectivity index (χ4v) is 3.46. The second-order valence-corrected chi connectivity index (χ2v) is 7.59. The number of aromatic nitrogens is 2. The summed E-state index contributed by atoms with van der Waals surface area (Å²) in [4.78, 5) is 18.2. The van der Waals surface area contributed by atoms with Gasteiger partial charge < -0.3 is 14.2 Å². The van der Waals surface area contributed by atoms with Gasteiger partial charge >= 0.3 is 18.2 Å². The summed E-state index contributed by atoms with van der Waals surface area (Å²) in [5.41, 5.74) is 0.563. The Bertz CT molecular complexity index is 792. The first kappa shape index (κ1) is 17.7. The average Bonchev–Trinajstić information content (AvgIpc) is 3.10. The fraction of sp³-hybridized carbons (Fsp3) is 0.533. The van der Waals surface area contributed by atoms with Gasteiger partial charge in [0.15, 0.2) is 0 Å². The van der Waals surface area contributed by atoms with E-state index in [1.807, 2.05) is 0 Å². The first-order chi connectivity index (χ1) is 11.5. The summed E-state index contributed by atoms with van der Waals surface area (Å²) in [6.45, 7) is 6.04. The largest absolute Gasteiger partial charge is 0.471 e. The first-order valence-corrected chi connectivity index (χ1v) is 8.41. The van der Waals surface area contributed by atoms with Crippen molar-refractivity contribution in [3.05, 3.63) is 21.7 Å². The van der Waals surface area contributed by atoms with Crippen LogP contribution in [0.4, 0.5) is 18.0 Å². The second-order valence-electron chi connectivity index (χ2n) is 6.62. The molecule has 0 atom stereocenters. The van der Waals surface area contributed by atoms with Crippen molar-refractivity contribution in [3.63, 3.8) is 0 Å². The van der Waals surface area contributed by atoms with Crippen molar-refractivity contribution in [2.75, 3.05) is 6.54 Å². The molecule has 0 aliphatic carbocycles. The van der Waals surface area contributed by atoms with Gasteiger partial charge in [-0.25, -0.2) is 4.79 Å². The number of alkyl halides is 3. The molecule has 1 aliphatic heterocycles. The normalized spacial score (nSPS) is 15.2. The van der Waals surface area contributed by atoms with E-state index in [1.54, 1.807) is 26.2 Å². The molecule has 0 spiro atoms. The molecule has 10 heteroatoms. The van der Waals surface area contributed by atoms with Crippen LogP contribution in [0.1, 0.15) is 37.1 Å². The SMILES string of the molecule is CC(C)(C)OC(=O)N1CCc2scc(-c3noc(C(F)(F)F)n3)c2C1. The van der Waals surface area contributed by atoms with E-state index in [-0.39, 0.29) is 12.4 Å². The number of carbonyl (C=O) groups is 1. The van der Waals surface area contributed by atoms with Crippen molar-refractivity contribution in [2.45, 2.75) is 45.5 Å². The molecule has 2 aromatic heterocycles. The lowest BCUT2D eigenvalue weighted by molar-refractivity contribution is -0.159. The van der Waals surface area contributed by atoms with Crippen molar-refractivity contribution >= 4 is 17.4 Å². The highest BCUT2D eigenvalue weighted by Crippen LogP contribution is 2.36. The maximum absolute atomic E-state index is 12.6. The van der Waals surface area contributed by atoms with E-state index >= 15 is 0 Å². The molecule has 0 saturated heterocycles. The predicted octanol–water partition coefficient (Wildman–Crippen LogP) is 4.11. The molecule has 0 aromatic carbocycles. The van der Waals surface area contributed by atoms with E-state index in [0.29, 0.717) is 18.5 Å². The Kier molecular flexibility index (Phi) is 4.26. The van der Waals surface area contributed by atoms with Crippen LogP contribution >= 0.6 is 11.3 Å². The van der Waals surface area contributed by atoms with Crippen molar-refractivity contribution in [3.8, 4) is 11.4 Å². The summed E-state index contributed by atoms with van der Waals surface area (Å²) in [6.07, 6.45) is -4.55. The molecule has 3 rings (SSSR count). The molecule has 0 saturated carbocycles. The van der Waals surface area contributed by atoms with Crippen LogP contribution < -0.4 is 0 Å². The summed E-state index contributed by atoms with van der Waals surface area (Å²) in [7, 11) is 0. The number of fused-ring (bicyclic) bond motifs is 1. The molecule has 1 aliphatic rings. The summed E-state index contributed by atoms with van der Waals surface area (Å²) >= 11 is 1.41. The standard InChI is InChI=1S/C15H16F3N3O3S/c1-14(2,3)23-13(22)21-5-4-10-8(6-21)9(7-25-10)11-19-12(24-20-11)15(16,17)18/h7H,4-6H2,1-3H3. The van der Waals surface area contributed by atoms with E-state index < -0.39 is 23.8 Å². The summed E-state index contributed by atoms with van der Waals surface area (Å²) < 4.78 is 47.6. The van der Waals surface area contributed by atoms with Crippen LogP contribution in [0.2, 0.25) is 0 Å². The molecule has 0 unspecified atom stereocenters. The Balaban J connectivity index is 1.84. The zero-order valence-electron chi connectivity index (χ0n) is 13.8. The zero-order chi connectivity index (χ0) is 18.4. The Morgan fingerprint density at radius 3 is 2.68 bits per heavy atom. The molecule has 1 amide bonds. The number of rotatable bonds is 1. The van der Waals surface area contributed by atoms with Crippen LogP contribution in [-0.2, 0) is 23.9 Å². The van der Waals surface area contributed by atoms with E-state index in [4.69, 9.17) is 4.74 Å². The van der Waals surface area contributed by atoms with Gasteiger partial charge in [-0.2, -0.15) is 18.2 Å². The number of hydrogen-bond donors (Lipinski definition) is 0. The molecule has 3 heterocycles. The average molecular weight is 375 g/mol. The topological polar surface area (TPSA) is 68.5 Å². The Morgan fingerprint density at radius 2 is 2.08 bits per heavy atom. The number of thiophene rings is 1. The molecule has 0 N–H and O–H groups in total. The van der Waals surface area contributed by atoms with Crippen LogP contribution in [0, 0.1) is 0 Å². The van der Waals surface area contributed by atoms with Gasteiger partial charge in [0.2, 0.25) is 5.82 Å². The van der Waals surface area contributed by atoms with Crippen molar-refractivity contribution in [1.29, 1.82) is 0 Å². The van der Waals surface area contributed by atoms with Gasteiger partial charge in [-0.1, -0.05) is 5.16 Å².